The van der Waals surface area contributed by atoms with Gasteiger partial charge in [0.1, 0.15) is 5.75 Å². The predicted molar refractivity (Wildman–Crippen MR) is 77.2 cm³/mol. The Hall–Kier alpha value is -1.33. The number of hydrogen-bond donors (Lipinski definition) is 2. The number of nitrogens with zero attached hydrogens (tertiary/aromatic N) is 1. The number of hydrogen-bond acceptors (Lipinski definition) is 3. The molecule has 0 saturated carbocycles. The van der Waals surface area contributed by atoms with E-state index in [1.54, 1.807) is 0 Å². The number of nitrogens with one attached hydrogen (secondary N) is 2. The van der Waals surface area contributed by atoms with E-state index in [0.717, 1.165) is 35.5 Å². The van der Waals surface area contributed by atoms with Crippen LogP contribution in [0.5, 0.6) is 5.75 Å². The fraction of sp³-hybridized carbons (Fsp3) is 0.357. The number of aromatic nitrogens is 2. The molecule has 0 aliphatic carbocycles. The monoisotopic (exact) mass is 321 g/mol. The highest BCUT2D eigenvalue weighted by Gasteiger charge is 2.21. The number of ether oxygens (including phenoxy) is 1. The van der Waals surface area contributed by atoms with Crippen LogP contribution in [0.4, 0.5) is 0 Å². The molecule has 19 heavy (non-hydrogen) atoms. The van der Waals surface area contributed by atoms with E-state index in [1.165, 1.54) is 11.1 Å². The average Bonchev–Trinajstić information content (AvgIpc) is 2.82. The van der Waals surface area contributed by atoms with Crippen LogP contribution in [0, 0.1) is 6.92 Å². The average molecular weight is 322 g/mol. The van der Waals surface area contributed by atoms with E-state index in [-0.39, 0.29) is 0 Å². The molecule has 1 aliphatic rings. The summed E-state index contributed by atoms with van der Waals surface area (Å²) in [5.41, 5.74) is 3.55. The van der Waals surface area contributed by atoms with Crippen LogP contribution in [0.3, 0.4) is 0 Å². The van der Waals surface area contributed by atoms with Crippen molar-refractivity contribution in [3.05, 3.63) is 45.7 Å². The van der Waals surface area contributed by atoms with E-state index >= 15 is 0 Å². The molecule has 2 heterocycles. The lowest BCUT2D eigenvalue weighted by Gasteiger charge is -2.27. The third-order valence-corrected chi connectivity index (χ3v) is 3.98. The largest absolute Gasteiger partial charge is 0.493 e. The summed E-state index contributed by atoms with van der Waals surface area (Å²) in [6.45, 7) is 3.62. The number of H-pyrrole nitrogens is 1. The molecule has 2 aromatic rings. The first-order valence-electron chi connectivity index (χ1n) is 6.38. The highest BCUT2D eigenvalue weighted by atomic mass is 79.9. The number of rotatable bonds is 3. The van der Waals surface area contributed by atoms with Gasteiger partial charge in [0.2, 0.25) is 0 Å². The van der Waals surface area contributed by atoms with Crippen LogP contribution in [0.2, 0.25) is 0 Å². The molecule has 100 valence electrons. The molecule has 3 rings (SSSR count). The lowest BCUT2D eigenvalue weighted by atomic mass is 10.0. The van der Waals surface area contributed by atoms with E-state index in [1.807, 2.05) is 25.3 Å². The summed E-state index contributed by atoms with van der Waals surface area (Å²) in [4.78, 5) is 0. The molecule has 0 bridgehead atoms. The molecule has 4 nitrogen and oxygen atoms in total. The van der Waals surface area contributed by atoms with Gasteiger partial charge in [-0.15, -0.1) is 0 Å². The summed E-state index contributed by atoms with van der Waals surface area (Å²) in [7, 11) is 0. The van der Waals surface area contributed by atoms with Crippen LogP contribution in [0.15, 0.2) is 28.9 Å². The Bertz CT molecular complexity index is 582. The molecule has 1 atom stereocenters. The minimum Gasteiger partial charge on any atom is -0.493 e. The maximum Gasteiger partial charge on any atom is 0.124 e. The zero-order chi connectivity index (χ0) is 13.2. The fourth-order valence-electron chi connectivity index (χ4n) is 2.36. The Morgan fingerprint density at radius 3 is 3.21 bits per heavy atom. The zero-order valence-electron chi connectivity index (χ0n) is 10.7. The molecule has 2 N–H and O–H groups in total. The van der Waals surface area contributed by atoms with Crippen molar-refractivity contribution < 1.29 is 4.74 Å². The summed E-state index contributed by atoms with van der Waals surface area (Å²) in [6, 6.07) is 6.50. The minimum atomic E-state index is 0.329. The van der Waals surface area contributed by atoms with E-state index < -0.39 is 0 Å². The van der Waals surface area contributed by atoms with Crippen molar-refractivity contribution >= 4 is 15.9 Å². The third kappa shape index (κ3) is 2.67. The second-order valence-corrected chi connectivity index (χ2v) is 5.69. The fourth-order valence-corrected chi connectivity index (χ4v) is 2.74. The van der Waals surface area contributed by atoms with Crippen molar-refractivity contribution in [2.75, 3.05) is 6.61 Å². The van der Waals surface area contributed by atoms with Crippen LogP contribution in [0.1, 0.15) is 29.3 Å². The maximum atomic E-state index is 5.69. The molecule has 0 amide bonds. The topological polar surface area (TPSA) is 49.9 Å². The van der Waals surface area contributed by atoms with Crippen molar-refractivity contribution in [2.24, 2.45) is 0 Å². The zero-order valence-corrected chi connectivity index (χ0v) is 12.3. The quantitative estimate of drug-likeness (QED) is 0.913. The van der Waals surface area contributed by atoms with Gasteiger partial charge in [-0.25, -0.2) is 0 Å². The molecule has 1 aromatic carbocycles. The second-order valence-electron chi connectivity index (χ2n) is 4.77. The van der Waals surface area contributed by atoms with Crippen molar-refractivity contribution in [2.45, 2.75) is 25.9 Å². The lowest BCUT2D eigenvalue weighted by Crippen LogP contribution is -2.26. The third-order valence-electron chi connectivity index (χ3n) is 3.48. The molecule has 1 aliphatic heterocycles. The summed E-state index contributed by atoms with van der Waals surface area (Å²) >= 11 is 3.52. The molecule has 0 radical (unpaired) electrons. The Labute approximate surface area is 120 Å². The summed E-state index contributed by atoms with van der Waals surface area (Å²) < 4.78 is 6.78. The van der Waals surface area contributed by atoms with Crippen LogP contribution >= 0.6 is 15.9 Å². The molecule has 0 saturated heterocycles. The first-order valence-corrected chi connectivity index (χ1v) is 7.18. The van der Waals surface area contributed by atoms with Gasteiger partial charge in [0.05, 0.1) is 12.8 Å². The Morgan fingerprint density at radius 1 is 1.53 bits per heavy atom. The van der Waals surface area contributed by atoms with Gasteiger partial charge in [0.15, 0.2) is 0 Å². The molecular formula is C14H16BrN3O. The SMILES string of the molecule is Cc1[nH]ncc1CNC1CCOc2ccc(Br)cc21. The van der Waals surface area contributed by atoms with E-state index in [4.69, 9.17) is 4.74 Å². The van der Waals surface area contributed by atoms with Gasteiger partial charge < -0.3 is 10.1 Å². The van der Waals surface area contributed by atoms with Crippen molar-refractivity contribution in [1.82, 2.24) is 15.5 Å². The Balaban J connectivity index is 1.76. The number of benzene rings is 1. The van der Waals surface area contributed by atoms with Gasteiger partial charge in [0.25, 0.3) is 0 Å². The number of halogens is 1. The van der Waals surface area contributed by atoms with E-state index in [2.05, 4.69) is 37.5 Å². The van der Waals surface area contributed by atoms with Crippen molar-refractivity contribution in [3.63, 3.8) is 0 Å². The normalized spacial score (nSPS) is 17.9. The molecule has 0 fully saturated rings. The van der Waals surface area contributed by atoms with E-state index in [0.29, 0.717) is 6.04 Å². The highest BCUT2D eigenvalue weighted by molar-refractivity contribution is 9.10. The highest BCUT2D eigenvalue weighted by Crippen LogP contribution is 2.34. The van der Waals surface area contributed by atoms with Crippen LogP contribution in [-0.2, 0) is 6.54 Å². The number of fused-ring (bicyclic) bond motifs is 1. The molecule has 1 unspecified atom stereocenters. The number of aryl methyl sites for hydroxylation is 1. The van der Waals surface area contributed by atoms with Gasteiger partial charge in [-0.1, -0.05) is 15.9 Å². The smallest absolute Gasteiger partial charge is 0.124 e. The van der Waals surface area contributed by atoms with Gasteiger partial charge >= 0.3 is 0 Å². The maximum absolute atomic E-state index is 5.69. The first kappa shape index (κ1) is 12.7. The summed E-state index contributed by atoms with van der Waals surface area (Å²) in [5.74, 6) is 0.982. The van der Waals surface area contributed by atoms with Crippen molar-refractivity contribution in [1.29, 1.82) is 0 Å². The Kier molecular flexibility index (Phi) is 3.57. The predicted octanol–water partition coefficient (Wildman–Crippen LogP) is 3.09. The molecule has 1 aromatic heterocycles. The number of aromatic amines is 1. The Morgan fingerprint density at radius 2 is 2.42 bits per heavy atom. The van der Waals surface area contributed by atoms with Gasteiger partial charge in [0, 0.05) is 40.3 Å². The minimum absolute atomic E-state index is 0.329. The summed E-state index contributed by atoms with van der Waals surface area (Å²) in [5, 5.41) is 10.6. The van der Waals surface area contributed by atoms with Crippen molar-refractivity contribution in [3.8, 4) is 5.75 Å². The van der Waals surface area contributed by atoms with Crippen LogP contribution in [-0.4, -0.2) is 16.8 Å². The van der Waals surface area contributed by atoms with E-state index in [9.17, 15) is 0 Å². The van der Waals surface area contributed by atoms with Crippen LogP contribution in [0.25, 0.3) is 0 Å². The molecule has 0 spiro atoms. The lowest BCUT2D eigenvalue weighted by molar-refractivity contribution is 0.252. The molecule has 5 heteroatoms. The first-order chi connectivity index (χ1) is 9.24. The summed E-state index contributed by atoms with van der Waals surface area (Å²) in [6.07, 6.45) is 2.86. The second kappa shape index (κ2) is 5.35. The van der Waals surface area contributed by atoms with Gasteiger partial charge in [-0.3, -0.25) is 5.10 Å². The van der Waals surface area contributed by atoms with Gasteiger partial charge in [-0.05, 0) is 25.1 Å². The van der Waals surface area contributed by atoms with Gasteiger partial charge in [-0.2, -0.15) is 5.10 Å². The molecular weight excluding hydrogens is 306 g/mol. The standard InChI is InChI=1S/C14H16BrN3O/c1-9-10(8-17-18-9)7-16-13-4-5-19-14-3-2-11(15)6-12(13)14/h2-3,6,8,13,16H,4-5,7H2,1H3,(H,17,18). The van der Waals surface area contributed by atoms with Crippen LogP contribution < -0.4 is 10.1 Å².